The number of fused-ring (bicyclic) bond motifs is 2. The van der Waals surface area contributed by atoms with Crippen LogP contribution in [0.2, 0.25) is 0 Å². The molecule has 1 aliphatic heterocycles. The quantitative estimate of drug-likeness (QED) is 0.503. The van der Waals surface area contributed by atoms with Crippen LogP contribution < -0.4 is 10.6 Å². The molecule has 1 aliphatic rings. The first-order valence-corrected chi connectivity index (χ1v) is 8.58. The van der Waals surface area contributed by atoms with Gasteiger partial charge in [-0.2, -0.15) is 5.10 Å². The van der Waals surface area contributed by atoms with Gasteiger partial charge in [0.15, 0.2) is 0 Å². The lowest BCUT2D eigenvalue weighted by atomic mass is 10.2. The highest BCUT2D eigenvalue weighted by Crippen LogP contribution is 2.33. The number of anilines is 1. The third-order valence-electron chi connectivity index (χ3n) is 4.86. The van der Waals surface area contributed by atoms with Crippen LogP contribution in [0.3, 0.4) is 0 Å². The lowest BCUT2D eigenvalue weighted by Gasteiger charge is -2.29. The second-order valence-electron chi connectivity index (χ2n) is 6.59. The fourth-order valence-corrected chi connectivity index (χ4v) is 3.72. The lowest BCUT2D eigenvalue weighted by molar-refractivity contribution is 0.122. The van der Waals surface area contributed by atoms with Crippen molar-refractivity contribution in [2.45, 2.75) is 6.92 Å². The van der Waals surface area contributed by atoms with Crippen molar-refractivity contribution in [3.8, 4) is 11.4 Å². The van der Waals surface area contributed by atoms with Crippen molar-refractivity contribution >= 4 is 27.9 Å². The molecule has 0 radical (unpaired) electrons. The van der Waals surface area contributed by atoms with Crippen molar-refractivity contribution in [2.75, 3.05) is 31.2 Å². The van der Waals surface area contributed by atoms with Crippen LogP contribution in [0, 0.1) is 6.92 Å². The van der Waals surface area contributed by atoms with Crippen LogP contribution in [-0.4, -0.2) is 56.0 Å². The fourth-order valence-electron chi connectivity index (χ4n) is 3.72. The molecule has 1 aromatic carbocycles. The van der Waals surface area contributed by atoms with E-state index in [1.54, 1.807) is 0 Å². The predicted octanol–water partition coefficient (Wildman–Crippen LogP) is 1.28. The lowest BCUT2D eigenvalue weighted by Crippen LogP contribution is -2.37. The standard InChI is InChI=1S/C17H19N7O2/c1-9-14(16(23(2)22-9)24-3-5-26-6-4-24)15-18-10-7-12-13(8-11(10)19-15)21-17(25)20-12/h7-8H,3-6H2,1-2H3,(H,18,19)(H2,20,21,25). The summed E-state index contributed by atoms with van der Waals surface area (Å²) in [5, 5.41) is 4.61. The first-order valence-electron chi connectivity index (χ1n) is 8.58. The fraction of sp³-hybridized carbons (Fsp3) is 0.353. The Bertz CT molecular complexity index is 1120. The Morgan fingerprint density at radius 3 is 2.58 bits per heavy atom. The van der Waals surface area contributed by atoms with Gasteiger partial charge in [-0.15, -0.1) is 0 Å². The number of aromatic amines is 3. The molecule has 0 bridgehead atoms. The van der Waals surface area contributed by atoms with Gasteiger partial charge in [0, 0.05) is 20.1 Å². The van der Waals surface area contributed by atoms with E-state index < -0.39 is 0 Å². The van der Waals surface area contributed by atoms with E-state index in [9.17, 15) is 4.79 Å². The number of rotatable bonds is 2. The van der Waals surface area contributed by atoms with E-state index in [4.69, 9.17) is 9.72 Å². The van der Waals surface area contributed by atoms with E-state index in [0.717, 1.165) is 58.1 Å². The molecule has 0 atom stereocenters. The second kappa shape index (κ2) is 5.46. The minimum atomic E-state index is -0.217. The summed E-state index contributed by atoms with van der Waals surface area (Å²) in [6.45, 7) is 5.07. The topological polar surface area (TPSA) is 108 Å². The number of imidazole rings is 2. The summed E-state index contributed by atoms with van der Waals surface area (Å²) in [6, 6.07) is 3.78. The summed E-state index contributed by atoms with van der Waals surface area (Å²) in [5.74, 6) is 1.82. The summed E-state index contributed by atoms with van der Waals surface area (Å²) in [7, 11) is 1.96. The maximum Gasteiger partial charge on any atom is 0.323 e. The Labute approximate surface area is 148 Å². The zero-order valence-corrected chi connectivity index (χ0v) is 14.6. The van der Waals surface area contributed by atoms with Crippen LogP contribution in [-0.2, 0) is 11.8 Å². The number of aryl methyl sites for hydroxylation is 2. The normalized spacial score (nSPS) is 15.4. The van der Waals surface area contributed by atoms with E-state index in [-0.39, 0.29) is 5.69 Å². The summed E-state index contributed by atoms with van der Waals surface area (Å²) in [5.41, 5.74) is 4.89. The summed E-state index contributed by atoms with van der Waals surface area (Å²) in [6.07, 6.45) is 0. The van der Waals surface area contributed by atoms with Gasteiger partial charge in [-0.25, -0.2) is 9.78 Å². The van der Waals surface area contributed by atoms with E-state index in [0.29, 0.717) is 13.2 Å². The molecule has 4 heterocycles. The summed E-state index contributed by atoms with van der Waals surface area (Å²) < 4.78 is 7.39. The number of morpholine rings is 1. The molecule has 134 valence electrons. The summed E-state index contributed by atoms with van der Waals surface area (Å²) in [4.78, 5) is 27.5. The largest absolute Gasteiger partial charge is 0.378 e. The smallest absolute Gasteiger partial charge is 0.323 e. The van der Waals surface area contributed by atoms with E-state index >= 15 is 0 Å². The molecule has 0 amide bonds. The van der Waals surface area contributed by atoms with Gasteiger partial charge in [0.25, 0.3) is 0 Å². The second-order valence-corrected chi connectivity index (χ2v) is 6.59. The number of H-pyrrole nitrogens is 3. The highest BCUT2D eigenvalue weighted by Gasteiger charge is 2.24. The van der Waals surface area contributed by atoms with Crippen LogP contribution in [0.1, 0.15) is 5.69 Å². The van der Waals surface area contributed by atoms with E-state index in [1.165, 1.54) is 0 Å². The first-order chi connectivity index (χ1) is 12.6. The number of hydrogen-bond acceptors (Lipinski definition) is 5. The maximum atomic E-state index is 11.5. The van der Waals surface area contributed by atoms with Gasteiger partial charge in [-0.05, 0) is 19.1 Å². The van der Waals surface area contributed by atoms with Crippen LogP contribution >= 0.6 is 0 Å². The minimum absolute atomic E-state index is 0.217. The van der Waals surface area contributed by atoms with Gasteiger partial charge in [-0.1, -0.05) is 0 Å². The van der Waals surface area contributed by atoms with Crippen molar-refractivity contribution in [3.05, 3.63) is 28.3 Å². The average Bonchev–Trinajstić information content (AvgIpc) is 3.26. The number of nitrogens with zero attached hydrogens (tertiary/aromatic N) is 4. The van der Waals surface area contributed by atoms with Crippen molar-refractivity contribution < 1.29 is 4.74 Å². The van der Waals surface area contributed by atoms with Crippen LogP contribution in [0.25, 0.3) is 33.5 Å². The Morgan fingerprint density at radius 2 is 1.81 bits per heavy atom. The zero-order chi connectivity index (χ0) is 17.8. The third-order valence-corrected chi connectivity index (χ3v) is 4.86. The molecule has 1 saturated heterocycles. The van der Waals surface area contributed by atoms with Gasteiger partial charge in [0.2, 0.25) is 0 Å². The Balaban J connectivity index is 1.68. The molecule has 3 aromatic heterocycles. The van der Waals surface area contributed by atoms with Crippen molar-refractivity contribution in [3.63, 3.8) is 0 Å². The number of benzene rings is 1. The molecule has 0 saturated carbocycles. The molecule has 4 aromatic rings. The van der Waals surface area contributed by atoms with E-state index in [1.807, 2.05) is 30.8 Å². The van der Waals surface area contributed by atoms with Crippen molar-refractivity contribution in [1.29, 1.82) is 0 Å². The predicted molar refractivity (Wildman–Crippen MR) is 98.5 cm³/mol. The Morgan fingerprint density at radius 1 is 1.08 bits per heavy atom. The SMILES string of the molecule is Cc1nn(C)c(N2CCOCC2)c1-c1nc2cc3[nH]c(=O)[nH]c3cc2[nH]1. The first kappa shape index (κ1) is 15.2. The Kier molecular flexibility index (Phi) is 3.20. The minimum Gasteiger partial charge on any atom is -0.378 e. The molecule has 26 heavy (non-hydrogen) atoms. The molecule has 9 heteroatoms. The number of ether oxygens (including phenoxy) is 1. The molecular formula is C17H19N7O2. The van der Waals surface area contributed by atoms with Gasteiger partial charge < -0.3 is 24.6 Å². The molecule has 0 spiro atoms. The van der Waals surface area contributed by atoms with E-state index in [2.05, 4.69) is 25.0 Å². The monoisotopic (exact) mass is 353 g/mol. The molecule has 0 aliphatic carbocycles. The van der Waals surface area contributed by atoms with Crippen LogP contribution in [0.5, 0.6) is 0 Å². The molecule has 5 rings (SSSR count). The number of nitrogens with one attached hydrogen (secondary N) is 3. The van der Waals surface area contributed by atoms with Gasteiger partial charge >= 0.3 is 5.69 Å². The van der Waals surface area contributed by atoms with Crippen molar-refractivity contribution in [1.82, 2.24) is 29.7 Å². The van der Waals surface area contributed by atoms with Gasteiger partial charge in [0.1, 0.15) is 11.6 Å². The van der Waals surface area contributed by atoms with Gasteiger partial charge in [0.05, 0.1) is 46.5 Å². The van der Waals surface area contributed by atoms with Crippen LogP contribution in [0.15, 0.2) is 16.9 Å². The average molecular weight is 353 g/mol. The maximum absolute atomic E-state index is 11.5. The highest BCUT2D eigenvalue weighted by atomic mass is 16.5. The summed E-state index contributed by atoms with van der Waals surface area (Å²) >= 11 is 0. The molecule has 1 fully saturated rings. The van der Waals surface area contributed by atoms with Crippen LogP contribution in [0.4, 0.5) is 5.82 Å². The number of hydrogen-bond donors (Lipinski definition) is 3. The molecule has 9 nitrogen and oxygen atoms in total. The number of aromatic nitrogens is 6. The molecular weight excluding hydrogens is 334 g/mol. The third kappa shape index (κ3) is 2.24. The zero-order valence-electron chi connectivity index (χ0n) is 14.6. The molecule has 3 N–H and O–H groups in total. The highest BCUT2D eigenvalue weighted by molar-refractivity contribution is 5.93. The van der Waals surface area contributed by atoms with Gasteiger partial charge in [-0.3, -0.25) is 4.68 Å². The molecule has 0 unspecified atom stereocenters. The van der Waals surface area contributed by atoms with Crippen molar-refractivity contribution in [2.24, 2.45) is 7.05 Å². The Hall–Kier alpha value is -3.07.